The molecule has 2 atom stereocenters. The Morgan fingerprint density at radius 2 is 1.81 bits per heavy atom. The Balaban J connectivity index is 1.83. The molecular formula is C19H25NO. The number of hydrogen-bond donors (Lipinski definition) is 1. The van der Waals surface area contributed by atoms with Crippen LogP contribution in [-0.4, -0.2) is 19.2 Å². The average molecular weight is 283 g/mol. The van der Waals surface area contributed by atoms with Gasteiger partial charge in [0.25, 0.3) is 0 Å². The third-order valence-electron chi connectivity index (χ3n) is 4.35. The maximum absolute atomic E-state index is 5.49. The Morgan fingerprint density at radius 1 is 1.10 bits per heavy atom. The second kappa shape index (κ2) is 5.34. The summed E-state index contributed by atoms with van der Waals surface area (Å²) in [5, 5.41) is 6.21. The highest BCUT2D eigenvalue weighted by molar-refractivity contribution is 5.91. The number of rotatable bonds is 4. The van der Waals surface area contributed by atoms with Crippen LogP contribution in [0.2, 0.25) is 0 Å². The van der Waals surface area contributed by atoms with Crippen LogP contribution in [0.15, 0.2) is 36.4 Å². The van der Waals surface area contributed by atoms with Crippen molar-refractivity contribution in [1.29, 1.82) is 0 Å². The summed E-state index contributed by atoms with van der Waals surface area (Å²) in [6.45, 7) is 7.79. The number of ether oxygens (including phenoxy) is 1. The SMILES string of the molecule is COc1ccc(C2CC2CNC(C)(C)C)c2ccccc12. The number of benzene rings is 2. The largest absolute Gasteiger partial charge is 0.496 e. The summed E-state index contributed by atoms with van der Waals surface area (Å²) in [6.07, 6.45) is 1.29. The molecule has 0 bridgehead atoms. The molecule has 2 heteroatoms. The summed E-state index contributed by atoms with van der Waals surface area (Å²) >= 11 is 0. The van der Waals surface area contributed by atoms with E-state index >= 15 is 0 Å². The lowest BCUT2D eigenvalue weighted by Crippen LogP contribution is -2.37. The topological polar surface area (TPSA) is 21.3 Å². The van der Waals surface area contributed by atoms with E-state index in [1.807, 2.05) is 0 Å². The van der Waals surface area contributed by atoms with E-state index in [0.717, 1.165) is 18.2 Å². The second-order valence-electron chi connectivity index (χ2n) is 7.14. The molecule has 1 N–H and O–H groups in total. The first-order valence-corrected chi connectivity index (χ1v) is 7.80. The van der Waals surface area contributed by atoms with Crippen LogP contribution >= 0.6 is 0 Å². The quantitative estimate of drug-likeness (QED) is 0.901. The van der Waals surface area contributed by atoms with Crippen molar-refractivity contribution < 1.29 is 4.74 Å². The first-order valence-electron chi connectivity index (χ1n) is 7.80. The normalized spacial score (nSPS) is 21.5. The van der Waals surface area contributed by atoms with Gasteiger partial charge in [0.15, 0.2) is 0 Å². The highest BCUT2D eigenvalue weighted by atomic mass is 16.5. The zero-order chi connectivity index (χ0) is 15.0. The van der Waals surface area contributed by atoms with Crippen LogP contribution in [0.3, 0.4) is 0 Å². The lowest BCUT2D eigenvalue weighted by molar-refractivity contribution is 0.414. The van der Waals surface area contributed by atoms with E-state index < -0.39 is 0 Å². The molecule has 3 rings (SSSR count). The van der Waals surface area contributed by atoms with Gasteiger partial charge in [-0.1, -0.05) is 30.3 Å². The standard InChI is InChI=1S/C19H25NO/c1-19(2,3)20-12-13-11-17(13)15-9-10-18(21-4)16-8-6-5-7-14(15)16/h5-10,13,17,20H,11-12H2,1-4H3. The third kappa shape index (κ3) is 3.06. The molecule has 112 valence electrons. The Bertz CT molecular complexity index is 642. The first-order chi connectivity index (χ1) is 9.99. The smallest absolute Gasteiger partial charge is 0.126 e. The zero-order valence-corrected chi connectivity index (χ0v) is 13.4. The van der Waals surface area contributed by atoms with Crippen LogP contribution in [0.4, 0.5) is 0 Å². The van der Waals surface area contributed by atoms with Gasteiger partial charge in [-0.2, -0.15) is 0 Å². The molecular weight excluding hydrogens is 258 g/mol. The van der Waals surface area contributed by atoms with Crippen LogP contribution in [0, 0.1) is 5.92 Å². The first kappa shape index (κ1) is 14.4. The summed E-state index contributed by atoms with van der Waals surface area (Å²) in [6, 6.07) is 13.0. The average Bonchev–Trinajstić information content (AvgIpc) is 3.22. The summed E-state index contributed by atoms with van der Waals surface area (Å²) < 4.78 is 5.49. The van der Waals surface area contributed by atoms with E-state index in [4.69, 9.17) is 4.74 Å². The van der Waals surface area contributed by atoms with Gasteiger partial charge < -0.3 is 10.1 Å². The molecule has 21 heavy (non-hydrogen) atoms. The Labute approximate surface area is 127 Å². The minimum Gasteiger partial charge on any atom is -0.496 e. The number of hydrogen-bond acceptors (Lipinski definition) is 2. The monoisotopic (exact) mass is 283 g/mol. The van der Waals surface area contributed by atoms with Crippen molar-refractivity contribution >= 4 is 10.8 Å². The Hall–Kier alpha value is -1.54. The molecule has 2 aromatic carbocycles. The van der Waals surface area contributed by atoms with E-state index in [2.05, 4.69) is 62.5 Å². The molecule has 0 radical (unpaired) electrons. The van der Waals surface area contributed by atoms with Crippen molar-refractivity contribution in [2.45, 2.75) is 38.6 Å². The molecule has 0 aromatic heterocycles. The van der Waals surface area contributed by atoms with E-state index in [1.54, 1.807) is 7.11 Å². The van der Waals surface area contributed by atoms with Gasteiger partial charge in [0, 0.05) is 10.9 Å². The fourth-order valence-electron chi connectivity index (χ4n) is 3.09. The van der Waals surface area contributed by atoms with Gasteiger partial charge in [-0.15, -0.1) is 0 Å². The predicted octanol–water partition coefficient (Wildman–Crippen LogP) is 4.34. The Kier molecular flexibility index (Phi) is 3.66. The maximum Gasteiger partial charge on any atom is 0.126 e. The van der Waals surface area contributed by atoms with Crippen molar-refractivity contribution in [3.8, 4) is 5.75 Å². The molecule has 2 nitrogen and oxygen atoms in total. The van der Waals surface area contributed by atoms with Gasteiger partial charge in [-0.3, -0.25) is 0 Å². The van der Waals surface area contributed by atoms with Crippen molar-refractivity contribution in [2.75, 3.05) is 13.7 Å². The Morgan fingerprint density at radius 3 is 2.48 bits per heavy atom. The fraction of sp³-hybridized carbons (Fsp3) is 0.474. The van der Waals surface area contributed by atoms with Crippen LogP contribution in [0.5, 0.6) is 5.75 Å². The summed E-state index contributed by atoms with van der Waals surface area (Å²) in [5.41, 5.74) is 1.68. The molecule has 0 spiro atoms. The van der Waals surface area contributed by atoms with Crippen molar-refractivity contribution in [3.05, 3.63) is 42.0 Å². The van der Waals surface area contributed by atoms with E-state index in [0.29, 0.717) is 5.92 Å². The maximum atomic E-state index is 5.49. The van der Waals surface area contributed by atoms with Crippen molar-refractivity contribution in [3.63, 3.8) is 0 Å². The van der Waals surface area contributed by atoms with Crippen molar-refractivity contribution in [2.24, 2.45) is 5.92 Å². The molecule has 1 aliphatic carbocycles. The van der Waals surface area contributed by atoms with Gasteiger partial charge in [0.05, 0.1) is 7.11 Å². The highest BCUT2D eigenvalue weighted by Crippen LogP contribution is 2.50. The molecule has 0 amide bonds. The lowest BCUT2D eigenvalue weighted by atomic mass is 9.99. The summed E-state index contributed by atoms with van der Waals surface area (Å²) in [7, 11) is 1.74. The van der Waals surface area contributed by atoms with E-state index in [-0.39, 0.29) is 5.54 Å². The van der Waals surface area contributed by atoms with Crippen LogP contribution < -0.4 is 10.1 Å². The fourth-order valence-corrected chi connectivity index (χ4v) is 3.09. The van der Waals surface area contributed by atoms with Gasteiger partial charge in [0.1, 0.15) is 5.75 Å². The van der Waals surface area contributed by atoms with E-state index in [1.165, 1.54) is 22.8 Å². The van der Waals surface area contributed by atoms with Gasteiger partial charge >= 0.3 is 0 Å². The van der Waals surface area contributed by atoms with Gasteiger partial charge in [-0.05, 0) is 62.6 Å². The second-order valence-corrected chi connectivity index (χ2v) is 7.14. The van der Waals surface area contributed by atoms with Crippen LogP contribution in [0.1, 0.15) is 38.7 Å². The minimum absolute atomic E-state index is 0.203. The zero-order valence-electron chi connectivity index (χ0n) is 13.4. The molecule has 1 fully saturated rings. The molecule has 1 aliphatic rings. The third-order valence-corrected chi connectivity index (χ3v) is 4.35. The van der Waals surface area contributed by atoms with Crippen molar-refractivity contribution in [1.82, 2.24) is 5.32 Å². The molecule has 2 aromatic rings. The molecule has 0 saturated heterocycles. The van der Waals surface area contributed by atoms with Gasteiger partial charge in [0.2, 0.25) is 0 Å². The van der Waals surface area contributed by atoms with E-state index in [9.17, 15) is 0 Å². The lowest BCUT2D eigenvalue weighted by Gasteiger charge is -2.20. The minimum atomic E-state index is 0.203. The van der Waals surface area contributed by atoms with Crippen LogP contribution in [0.25, 0.3) is 10.8 Å². The summed E-state index contributed by atoms with van der Waals surface area (Å²) in [4.78, 5) is 0. The number of fused-ring (bicyclic) bond motifs is 1. The molecule has 1 saturated carbocycles. The van der Waals surface area contributed by atoms with Crippen LogP contribution in [-0.2, 0) is 0 Å². The molecule has 2 unspecified atom stereocenters. The molecule has 0 heterocycles. The van der Waals surface area contributed by atoms with Gasteiger partial charge in [-0.25, -0.2) is 0 Å². The number of methoxy groups -OCH3 is 1. The predicted molar refractivity (Wildman–Crippen MR) is 89.1 cm³/mol. The molecule has 0 aliphatic heterocycles. The summed E-state index contributed by atoms with van der Waals surface area (Å²) in [5.74, 6) is 2.43. The highest BCUT2D eigenvalue weighted by Gasteiger charge is 2.39. The number of nitrogens with one attached hydrogen (secondary N) is 1.